The summed E-state index contributed by atoms with van der Waals surface area (Å²) in [6.07, 6.45) is 3.06. The first-order chi connectivity index (χ1) is 12.4. The molecule has 0 bridgehead atoms. The molecular formula is C17H17ClN4O4. The molecule has 1 aromatic heterocycles. The number of aromatic nitrogens is 2. The van der Waals surface area contributed by atoms with Gasteiger partial charge in [0.2, 0.25) is 11.8 Å². The molecule has 1 aliphatic rings. The van der Waals surface area contributed by atoms with Gasteiger partial charge in [0.15, 0.2) is 0 Å². The van der Waals surface area contributed by atoms with E-state index in [1.807, 2.05) is 0 Å². The Hall–Kier alpha value is -2.87. The molecule has 3 rings (SSSR count). The molecule has 1 aliphatic heterocycles. The molecule has 0 saturated carbocycles. The number of H-pyrrole nitrogens is 1. The third-order valence-electron chi connectivity index (χ3n) is 4.23. The zero-order valence-electron chi connectivity index (χ0n) is 13.7. The SMILES string of the molecule is O=C(NC(Cc1cnc[nH]1)C(=O)O)C1CC(=O)N(c2ccc(Cl)cc2)C1. The zero-order valence-corrected chi connectivity index (χ0v) is 14.4. The van der Waals surface area contributed by atoms with Gasteiger partial charge in [-0.25, -0.2) is 9.78 Å². The van der Waals surface area contributed by atoms with Crippen LogP contribution in [0.1, 0.15) is 12.1 Å². The predicted octanol–water partition coefficient (Wildman–Crippen LogP) is 1.23. The van der Waals surface area contributed by atoms with Gasteiger partial charge in [-0.1, -0.05) is 11.6 Å². The van der Waals surface area contributed by atoms with Crippen LogP contribution in [0.25, 0.3) is 0 Å². The number of aromatic amines is 1. The number of hydrogen-bond donors (Lipinski definition) is 3. The van der Waals surface area contributed by atoms with Crippen LogP contribution in [0, 0.1) is 5.92 Å². The van der Waals surface area contributed by atoms with Crippen molar-refractivity contribution in [2.45, 2.75) is 18.9 Å². The van der Waals surface area contributed by atoms with Crippen molar-refractivity contribution in [3.8, 4) is 0 Å². The van der Waals surface area contributed by atoms with Gasteiger partial charge in [-0.3, -0.25) is 9.59 Å². The second-order valence-electron chi connectivity index (χ2n) is 6.06. The minimum Gasteiger partial charge on any atom is -0.480 e. The molecule has 2 heterocycles. The quantitative estimate of drug-likeness (QED) is 0.701. The van der Waals surface area contributed by atoms with Crippen molar-refractivity contribution in [3.05, 3.63) is 47.5 Å². The Labute approximate surface area is 154 Å². The Morgan fingerprint density at radius 1 is 1.38 bits per heavy atom. The Balaban J connectivity index is 1.65. The highest BCUT2D eigenvalue weighted by molar-refractivity contribution is 6.30. The number of benzene rings is 1. The fraction of sp³-hybridized carbons (Fsp3) is 0.294. The minimum absolute atomic E-state index is 0.0326. The average Bonchev–Trinajstić information content (AvgIpc) is 3.24. The molecule has 8 nitrogen and oxygen atoms in total. The van der Waals surface area contributed by atoms with Gasteiger partial charge in [0.05, 0.1) is 12.2 Å². The number of carbonyl (C=O) groups is 3. The molecule has 1 saturated heterocycles. The van der Waals surface area contributed by atoms with E-state index in [1.165, 1.54) is 17.4 Å². The Morgan fingerprint density at radius 2 is 2.12 bits per heavy atom. The Bertz CT molecular complexity index is 807. The molecule has 0 spiro atoms. The first-order valence-corrected chi connectivity index (χ1v) is 8.38. The highest BCUT2D eigenvalue weighted by atomic mass is 35.5. The molecule has 1 fully saturated rings. The van der Waals surface area contributed by atoms with E-state index in [0.717, 1.165) is 0 Å². The lowest BCUT2D eigenvalue weighted by Gasteiger charge is -2.18. The minimum atomic E-state index is -1.15. The number of carboxylic acid groups (broad SMARTS) is 1. The third-order valence-corrected chi connectivity index (χ3v) is 4.48. The Morgan fingerprint density at radius 3 is 2.73 bits per heavy atom. The molecule has 136 valence electrons. The number of carbonyl (C=O) groups excluding carboxylic acids is 2. The number of halogens is 1. The van der Waals surface area contributed by atoms with E-state index in [0.29, 0.717) is 16.4 Å². The van der Waals surface area contributed by atoms with Crippen LogP contribution in [0.5, 0.6) is 0 Å². The number of rotatable bonds is 6. The van der Waals surface area contributed by atoms with Gasteiger partial charge < -0.3 is 20.3 Å². The monoisotopic (exact) mass is 376 g/mol. The van der Waals surface area contributed by atoms with Crippen molar-refractivity contribution < 1.29 is 19.5 Å². The molecule has 1 aromatic carbocycles. The van der Waals surface area contributed by atoms with Crippen molar-refractivity contribution in [3.63, 3.8) is 0 Å². The normalized spacial score (nSPS) is 18.0. The van der Waals surface area contributed by atoms with Crippen LogP contribution in [0.4, 0.5) is 5.69 Å². The van der Waals surface area contributed by atoms with E-state index in [9.17, 15) is 19.5 Å². The summed E-state index contributed by atoms with van der Waals surface area (Å²) in [5, 5.41) is 12.4. The van der Waals surface area contributed by atoms with Crippen LogP contribution in [0.2, 0.25) is 5.02 Å². The average molecular weight is 377 g/mol. The summed E-state index contributed by atoms with van der Waals surface area (Å²) in [6, 6.07) is 5.66. The highest BCUT2D eigenvalue weighted by Crippen LogP contribution is 2.26. The number of carboxylic acids is 1. The number of aliphatic carboxylic acids is 1. The number of anilines is 1. The molecule has 9 heteroatoms. The van der Waals surface area contributed by atoms with Gasteiger partial charge in [-0.05, 0) is 24.3 Å². The number of nitrogens with one attached hydrogen (secondary N) is 2. The van der Waals surface area contributed by atoms with Gasteiger partial charge >= 0.3 is 5.97 Å². The van der Waals surface area contributed by atoms with E-state index >= 15 is 0 Å². The van der Waals surface area contributed by atoms with Gasteiger partial charge in [-0.15, -0.1) is 0 Å². The standard InChI is InChI=1S/C17H17ClN4O4/c18-11-1-3-13(4-2-11)22-8-10(5-15(22)23)16(24)21-14(17(25)26)6-12-7-19-9-20-12/h1-4,7,9-10,14H,5-6,8H2,(H,19,20)(H,21,24)(H,25,26). The fourth-order valence-corrected chi connectivity index (χ4v) is 2.99. The van der Waals surface area contributed by atoms with E-state index < -0.39 is 23.8 Å². The van der Waals surface area contributed by atoms with Crippen LogP contribution >= 0.6 is 11.6 Å². The molecule has 0 aliphatic carbocycles. The topological polar surface area (TPSA) is 115 Å². The summed E-state index contributed by atoms with van der Waals surface area (Å²) in [5.74, 6) is -2.40. The largest absolute Gasteiger partial charge is 0.480 e. The van der Waals surface area contributed by atoms with Crippen molar-refractivity contribution in [1.82, 2.24) is 15.3 Å². The van der Waals surface area contributed by atoms with Gasteiger partial charge in [0, 0.05) is 42.0 Å². The second kappa shape index (κ2) is 7.57. The van der Waals surface area contributed by atoms with Gasteiger partial charge in [-0.2, -0.15) is 0 Å². The summed E-state index contributed by atoms with van der Waals surface area (Å²) >= 11 is 5.85. The lowest BCUT2D eigenvalue weighted by molar-refractivity contribution is -0.142. The summed E-state index contributed by atoms with van der Waals surface area (Å²) < 4.78 is 0. The maximum atomic E-state index is 12.5. The zero-order chi connectivity index (χ0) is 18.7. The number of hydrogen-bond acceptors (Lipinski definition) is 4. The molecule has 2 unspecified atom stereocenters. The Kier molecular flexibility index (Phi) is 5.22. The van der Waals surface area contributed by atoms with E-state index in [2.05, 4.69) is 15.3 Å². The predicted molar refractivity (Wildman–Crippen MR) is 93.8 cm³/mol. The lowest BCUT2D eigenvalue weighted by Crippen LogP contribution is -2.45. The van der Waals surface area contributed by atoms with Crippen molar-refractivity contribution in [1.29, 1.82) is 0 Å². The van der Waals surface area contributed by atoms with Crippen molar-refractivity contribution >= 4 is 35.1 Å². The van der Waals surface area contributed by atoms with E-state index in [4.69, 9.17) is 11.6 Å². The summed E-state index contributed by atoms with van der Waals surface area (Å²) in [5.41, 5.74) is 1.25. The molecule has 2 atom stereocenters. The number of nitrogens with zero attached hydrogens (tertiary/aromatic N) is 2. The highest BCUT2D eigenvalue weighted by Gasteiger charge is 2.36. The molecule has 2 amide bonds. The third kappa shape index (κ3) is 4.02. The van der Waals surface area contributed by atoms with Crippen LogP contribution in [-0.2, 0) is 20.8 Å². The summed E-state index contributed by atoms with van der Waals surface area (Å²) in [6.45, 7) is 0.197. The van der Waals surface area contributed by atoms with Crippen molar-refractivity contribution in [2.75, 3.05) is 11.4 Å². The van der Waals surface area contributed by atoms with Gasteiger partial charge in [0.25, 0.3) is 0 Å². The molecule has 0 radical (unpaired) electrons. The smallest absolute Gasteiger partial charge is 0.326 e. The van der Waals surface area contributed by atoms with E-state index in [-0.39, 0.29) is 25.3 Å². The number of imidazole rings is 1. The second-order valence-corrected chi connectivity index (χ2v) is 6.50. The fourth-order valence-electron chi connectivity index (χ4n) is 2.86. The molecule has 26 heavy (non-hydrogen) atoms. The van der Waals surface area contributed by atoms with Crippen LogP contribution in [0.3, 0.4) is 0 Å². The molecular weight excluding hydrogens is 360 g/mol. The van der Waals surface area contributed by atoms with Gasteiger partial charge in [0.1, 0.15) is 6.04 Å². The molecule has 2 aromatic rings. The van der Waals surface area contributed by atoms with Crippen LogP contribution in [0.15, 0.2) is 36.8 Å². The first kappa shape index (κ1) is 17.9. The number of amides is 2. The van der Waals surface area contributed by atoms with Crippen molar-refractivity contribution in [2.24, 2.45) is 5.92 Å². The van der Waals surface area contributed by atoms with Crippen LogP contribution < -0.4 is 10.2 Å². The maximum Gasteiger partial charge on any atom is 0.326 e. The van der Waals surface area contributed by atoms with Crippen LogP contribution in [-0.4, -0.2) is 45.4 Å². The lowest BCUT2D eigenvalue weighted by atomic mass is 10.1. The first-order valence-electron chi connectivity index (χ1n) is 8.00. The molecule has 3 N–H and O–H groups in total. The summed E-state index contributed by atoms with van der Waals surface area (Å²) in [4.78, 5) is 44.3. The maximum absolute atomic E-state index is 12.5. The van der Waals surface area contributed by atoms with E-state index in [1.54, 1.807) is 24.3 Å². The summed E-state index contributed by atoms with van der Waals surface area (Å²) in [7, 11) is 0.